The van der Waals surface area contributed by atoms with Gasteiger partial charge in [0, 0.05) is 0 Å². The molecule has 0 saturated heterocycles. The molecule has 2 rings (SSSR count). The smallest absolute Gasteiger partial charge is 0.147 e. The zero-order valence-electron chi connectivity index (χ0n) is 8.19. The van der Waals surface area contributed by atoms with Crippen molar-refractivity contribution in [3.05, 3.63) is 43.0 Å². The fraction of sp³-hybridized carbons (Fsp3) is 0.273. The molecule has 2 aliphatic carbocycles. The van der Waals surface area contributed by atoms with E-state index in [4.69, 9.17) is 2.81 Å². The maximum atomic E-state index is 5.70. The number of hydrogen-bond donors (Lipinski definition) is 0. The molecule has 0 bridgehead atoms. The van der Waals surface area contributed by atoms with Crippen LogP contribution in [0.25, 0.3) is 0 Å². The first-order valence-electron chi connectivity index (χ1n) is 4.55. The van der Waals surface area contributed by atoms with E-state index in [2.05, 4.69) is 36.5 Å². The molecular weight excluding hydrogens is 275 g/mol. The van der Waals surface area contributed by atoms with Crippen molar-refractivity contribution >= 4 is 12.4 Å². The SMILES string of the molecule is C[O][Zr]([C]1=CC=CC1)[C]1=CC=CC1.Cl. The fourth-order valence-corrected chi connectivity index (χ4v) is 6.71. The van der Waals surface area contributed by atoms with Gasteiger partial charge in [0.05, 0.1) is 0 Å². The fourth-order valence-electron chi connectivity index (χ4n) is 1.70. The van der Waals surface area contributed by atoms with Crippen LogP contribution in [0.1, 0.15) is 12.8 Å². The average molecular weight is 289 g/mol. The van der Waals surface area contributed by atoms with Gasteiger partial charge in [-0.05, 0) is 0 Å². The molecule has 0 spiro atoms. The summed E-state index contributed by atoms with van der Waals surface area (Å²) in [5, 5.41) is 0. The standard InChI is InChI=1S/2C5H5.CH3O.ClH.Zr/c2*1-2-4-5-3-1;1-2;;/h2*1-3H,4H2;1H3;1H;/q;;-1;;+1. The molecule has 0 fully saturated rings. The maximum Gasteiger partial charge on any atom is -0.147 e. The van der Waals surface area contributed by atoms with E-state index in [-0.39, 0.29) is 12.4 Å². The van der Waals surface area contributed by atoms with E-state index < -0.39 is 22.2 Å². The molecule has 0 heterocycles. The predicted molar refractivity (Wildman–Crippen MR) is 57.9 cm³/mol. The largest absolute Gasteiger partial charge is 0.147 e. The first-order valence-corrected chi connectivity index (χ1v) is 8.01. The summed E-state index contributed by atoms with van der Waals surface area (Å²) in [5.74, 6) is 0. The summed E-state index contributed by atoms with van der Waals surface area (Å²) in [6.07, 6.45) is 15.5. The summed E-state index contributed by atoms with van der Waals surface area (Å²) in [4.78, 5) is 0. The van der Waals surface area contributed by atoms with E-state index in [1.54, 1.807) is 6.56 Å². The Morgan fingerprint density at radius 1 is 1.07 bits per heavy atom. The van der Waals surface area contributed by atoms with E-state index in [0.29, 0.717) is 0 Å². The number of hydrogen-bond acceptors (Lipinski definition) is 1. The van der Waals surface area contributed by atoms with Crippen molar-refractivity contribution in [3.8, 4) is 0 Å². The minimum Gasteiger partial charge on any atom is -0.147 e. The molecule has 2 aliphatic rings. The molecule has 75 valence electrons. The van der Waals surface area contributed by atoms with Crippen LogP contribution in [-0.2, 0) is 25.0 Å². The van der Waals surface area contributed by atoms with Gasteiger partial charge in [0.25, 0.3) is 0 Å². The summed E-state index contributed by atoms with van der Waals surface area (Å²) in [6.45, 7) is 0. The van der Waals surface area contributed by atoms with E-state index in [9.17, 15) is 0 Å². The second-order valence-electron chi connectivity index (χ2n) is 3.18. The molecule has 0 unspecified atom stereocenters. The number of rotatable bonds is 3. The van der Waals surface area contributed by atoms with Gasteiger partial charge in [-0.25, -0.2) is 0 Å². The van der Waals surface area contributed by atoms with Crippen LogP contribution >= 0.6 is 12.4 Å². The summed E-state index contributed by atoms with van der Waals surface area (Å²) in [6, 6.07) is 0. The van der Waals surface area contributed by atoms with Gasteiger partial charge in [0.15, 0.2) is 0 Å². The molecule has 0 atom stereocenters. The van der Waals surface area contributed by atoms with E-state index in [1.807, 2.05) is 7.11 Å². The molecule has 0 radical (unpaired) electrons. The third kappa shape index (κ3) is 2.56. The van der Waals surface area contributed by atoms with Crippen LogP contribution in [-0.4, -0.2) is 7.11 Å². The van der Waals surface area contributed by atoms with Gasteiger partial charge in [-0.1, -0.05) is 0 Å². The second kappa shape index (κ2) is 5.85. The van der Waals surface area contributed by atoms with Crippen LogP contribution in [0.3, 0.4) is 0 Å². The average Bonchev–Trinajstić information content (AvgIpc) is 2.76. The molecule has 1 nitrogen and oxygen atoms in total. The molecular formula is C11H14ClOZr. The molecule has 0 saturated carbocycles. The number of halogens is 1. The summed E-state index contributed by atoms with van der Waals surface area (Å²) in [7, 11) is 1.87. The quantitative estimate of drug-likeness (QED) is 0.774. The zero-order chi connectivity index (χ0) is 9.10. The monoisotopic (exact) mass is 287 g/mol. The van der Waals surface area contributed by atoms with Crippen molar-refractivity contribution in [1.29, 1.82) is 0 Å². The van der Waals surface area contributed by atoms with Gasteiger partial charge in [-0.3, -0.25) is 0 Å². The van der Waals surface area contributed by atoms with Crippen LogP contribution < -0.4 is 0 Å². The van der Waals surface area contributed by atoms with Gasteiger partial charge < -0.3 is 0 Å². The zero-order valence-corrected chi connectivity index (χ0v) is 11.5. The number of allylic oxidation sites excluding steroid dienone is 8. The minimum atomic E-state index is -1.81. The van der Waals surface area contributed by atoms with Gasteiger partial charge in [0.1, 0.15) is 0 Å². The Morgan fingerprint density at radius 2 is 1.57 bits per heavy atom. The Hall–Kier alpha value is 0.0931. The van der Waals surface area contributed by atoms with Crippen LogP contribution in [0, 0.1) is 0 Å². The first kappa shape index (κ1) is 12.2. The summed E-state index contributed by atoms with van der Waals surface area (Å²) >= 11 is -1.81. The van der Waals surface area contributed by atoms with Crippen LogP contribution in [0.4, 0.5) is 0 Å². The van der Waals surface area contributed by atoms with Gasteiger partial charge in [-0.15, -0.1) is 12.4 Å². The molecule has 0 aliphatic heterocycles. The Bertz CT molecular complexity index is 285. The van der Waals surface area contributed by atoms with Crippen LogP contribution in [0.2, 0.25) is 0 Å². The van der Waals surface area contributed by atoms with Crippen molar-refractivity contribution in [2.24, 2.45) is 0 Å². The minimum absolute atomic E-state index is 0. The predicted octanol–water partition coefficient (Wildman–Crippen LogP) is 3.28. The van der Waals surface area contributed by atoms with Crippen molar-refractivity contribution in [3.63, 3.8) is 0 Å². The van der Waals surface area contributed by atoms with Crippen LogP contribution in [0.5, 0.6) is 0 Å². The summed E-state index contributed by atoms with van der Waals surface area (Å²) < 4.78 is 8.84. The Balaban J connectivity index is 0.000000980. The van der Waals surface area contributed by atoms with Crippen molar-refractivity contribution in [2.75, 3.05) is 7.11 Å². The van der Waals surface area contributed by atoms with Gasteiger partial charge >= 0.3 is 88.0 Å². The van der Waals surface area contributed by atoms with E-state index >= 15 is 0 Å². The second-order valence-corrected chi connectivity index (χ2v) is 8.96. The molecule has 0 aromatic carbocycles. The van der Waals surface area contributed by atoms with Crippen LogP contribution in [0.15, 0.2) is 43.0 Å². The third-order valence-corrected chi connectivity index (χ3v) is 8.02. The molecule has 0 N–H and O–H groups in total. The topological polar surface area (TPSA) is 9.23 Å². The molecule has 0 amide bonds. The van der Waals surface area contributed by atoms with E-state index in [0.717, 1.165) is 12.8 Å². The van der Waals surface area contributed by atoms with Gasteiger partial charge in [-0.2, -0.15) is 0 Å². The van der Waals surface area contributed by atoms with Gasteiger partial charge in [0.2, 0.25) is 0 Å². The molecule has 0 aromatic heterocycles. The van der Waals surface area contributed by atoms with E-state index in [1.165, 1.54) is 0 Å². The molecule has 14 heavy (non-hydrogen) atoms. The Kier molecular flexibility index (Phi) is 5.08. The normalized spacial score (nSPS) is 17.8. The molecule has 0 aromatic rings. The van der Waals surface area contributed by atoms with Crippen molar-refractivity contribution in [2.45, 2.75) is 12.8 Å². The summed E-state index contributed by atoms with van der Waals surface area (Å²) in [5.41, 5.74) is 0. The maximum absolute atomic E-state index is 5.70. The third-order valence-electron chi connectivity index (χ3n) is 2.33. The Labute approximate surface area is 99.9 Å². The first-order chi connectivity index (χ1) is 6.42. The Morgan fingerprint density at radius 3 is 1.86 bits per heavy atom. The van der Waals surface area contributed by atoms with Crippen molar-refractivity contribution in [1.82, 2.24) is 0 Å². The molecule has 3 heteroatoms. The van der Waals surface area contributed by atoms with Crippen molar-refractivity contribution < 1.29 is 25.0 Å².